The molecule has 1 rings (SSSR count). The Morgan fingerprint density at radius 1 is 1.35 bits per heavy atom. The lowest BCUT2D eigenvalue weighted by molar-refractivity contribution is -0.124. The number of para-hydroxylation sites is 1. The average Bonchev–Trinajstić information content (AvgIpc) is 2.45. The number of amides is 1. The molecule has 0 unspecified atom stereocenters. The first-order valence-corrected chi connectivity index (χ1v) is 6.46. The number of ether oxygens (including phenoxy) is 2. The zero-order chi connectivity index (χ0) is 15.0. The van der Waals surface area contributed by atoms with Crippen molar-refractivity contribution >= 4 is 17.6 Å². The number of nitrogens with two attached hydrogens (primary N) is 1. The van der Waals surface area contributed by atoms with Gasteiger partial charge in [0.05, 0.1) is 18.4 Å². The van der Waals surface area contributed by atoms with E-state index in [1.165, 1.54) is 13.2 Å². The van der Waals surface area contributed by atoms with Gasteiger partial charge >= 0.3 is 5.97 Å². The third kappa shape index (κ3) is 4.46. The molecule has 6 nitrogen and oxygen atoms in total. The van der Waals surface area contributed by atoms with E-state index in [9.17, 15) is 9.59 Å². The second kappa shape index (κ2) is 8.04. The molecule has 110 valence electrons. The number of nitrogen functional groups attached to an aromatic ring is 1. The number of carbonyl (C=O) groups is 2. The summed E-state index contributed by atoms with van der Waals surface area (Å²) in [6, 6.07) is 4.80. The smallest absolute Gasteiger partial charge is 0.340 e. The topological polar surface area (TPSA) is 90.6 Å². The van der Waals surface area contributed by atoms with Crippen molar-refractivity contribution in [3.8, 4) is 5.75 Å². The number of methoxy groups -OCH3 is 1. The van der Waals surface area contributed by atoms with Gasteiger partial charge in [0, 0.05) is 6.54 Å². The lowest BCUT2D eigenvalue weighted by atomic mass is 10.1. The molecule has 20 heavy (non-hydrogen) atoms. The van der Waals surface area contributed by atoms with E-state index >= 15 is 0 Å². The van der Waals surface area contributed by atoms with Crippen molar-refractivity contribution in [1.82, 2.24) is 5.32 Å². The summed E-state index contributed by atoms with van der Waals surface area (Å²) in [7, 11) is 1.46. The number of esters is 1. The van der Waals surface area contributed by atoms with Gasteiger partial charge in [-0.1, -0.05) is 19.4 Å². The van der Waals surface area contributed by atoms with Crippen LogP contribution in [0.4, 0.5) is 5.69 Å². The SMILES string of the molecule is CCCCNC(=O)COC(=O)c1cccc(OC)c1N. The van der Waals surface area contributed by atoms with Crippen molar-refractivity contribution < 1.29 is 19.1 Å². The minimum atomic E-state index is -0.646. The molecule has 1 amide bonds. The first-order chi connectivity index (χ1) is 9.60. The van der Waals surface area contributed by atoms with Crippen LogP contribution in [0.5, 0.6) is 5.75 Å². The molecule has 3 N–H and O–H groups in total. The van der Waals surface area contributed by atoms with E-state index in [0.29, 0.717) is 12.3 Å². The number of hydrogen-bond donors (Lipinski definition) is 2. The Labute approximate surface area is 118 Å². The Morgan fingerprint density at radius 3 is 2.75 bits per heavy atom. The average molecular weight is 280 g/mol. The van der Waals surface area contributed by atoms with Gasteiger partial charge in [-0.15, -0.1) is 0 Å². The number of hydrogen-bond acceptors (Lipinski definition) is 5. The van der Waals surface area contributed by atoms with Crippen LogP contribution in [0.15, 0.2) is 18.2 Å². The lowest BCUT2D eigenvalue weighted by Gasteiger charge is -2.10. The van der Waals surface area contributed by atoms with E-state index in [4.69, 9.17) is 15.2 Å². The maximum atomic E-state index is 11.8. The lowest BCUT2D eigenvalue weighted by Crippen LogP contribution is -2.29. The van der Waals surface area contributed by atoms with Crippen LogP contribution in [-0.2, 0) is 9.53 Å². The van der Waals surface area contributed by atoms with Crippen molar-refractivity contribution in [3.63, 3.8) is 0 Å². The summed E-state index contributed by atoms with van der Waals surface area (Å²) in [6.45, 7) is 2.28. The van der Waals surface area contributed by atoms with Crippen LogP contribution in [0, 0.1) is 0 Å². The first-order valence-electron chi connectivity index (χ1n) is 6.46. The van der Waals surface area contributed by atoms with Gasteiger partial charge in [0.2, 0.25) is 0 Å². The molecule has 0 aliphatic rings. The Bertz CT molecular complexity index is 474. The Hall–Kier alpha value is -2.24. The third-order valence-electron chi connectivity index (χ3n) is 2.69. The first kappa shape index (κ1) is 15.8. The highest BCUT2D eigenvalue weighted by atomic mass is 16.5. The van der Waals surface area contributed by atoms with Gasteiger partial charge in [0.25, 0.3) is 5.91 Å². The normalized spacial score (nSPS) is 9.90. The molecule has 0 bridgehead atoms. The van der Waals surface area contributed by atoms with Crippen LogP contribution in [-0.4, -0.2) is 32.1 Å². The third-order valence-corrected chi connectivity index (χ3v) is 2.69. The van der Waals surface area contributed by atoms with Crippen molar-refractivity contribution in [1.29, 1.82) is 0 Å². The second-order valence-electron chi connectivity index (χ2n) is 4.20. The molecule has 1 aromatic carbocycles. The summed E-state index contributed by atoms with van der Waals surface area (Å²) >= 11 is 0. The molecular weight excluding hydrogens is 260 g/mol. The molecular formula is C14H20N2O4. The van der Waals surface area contributed by atoms with E-state index in [0.717, 1.165) is 12.8 Å². The molecule has 1 aromatic rings. The van der Waals surface area contributed by atoms with E-state index in [1.807, 2.05) is 6.92 Å². The van der Waals surface area contributed by atoms with Gasteiger partial charge in [0.15, 0.2) is 6.61 Å². The van der Waals surface area contributed by atoms with Crippen LogP contribution in [0.25, 0.3) is 0 Å². The monoisotopic (exact) mass is 280 g/mol. The maximum absolute atomic E-state index is 11.8. The Morgan fingerprint density at radius 2 is 2.10 bits per heavy atom. The summed E-state index contributed by atoms with van der Waals surface area (Å²) in [5, 5.41) is 2.66. The molecule has 0 atom stereocenters. The van der Waals surface area contributed by atoms with Gasteiger partial charge in [0.1, 0.15) is 5.75 Å². The minimum Gasteiger partial charge on any atom is -0.495 e. The van der Waals surface area contributed by atoms with Crippen molar-refractivity contribution in [2.75, 3.05) is 26.0 Å². The molecule has 0 aliphatic heterocycles. The molecule has 0 heterocycles. The molecule has 0 saturated carbocycles. The number of unbranched alkanes of at least 4 members (excludes halogenated alkanes) is 1. The number of carbonyl (C=O) groups excluding carboxylic acids is 2. The highest BCUT2D eigenvalue weighted by Gasteiger charge is 2.15. The zero-order valence-electron chi connectivity index (χ0n) is 11.8. The van der Waals surface area contributed by atoms with Crippen LogP contribution >= 0.6 is 0 Å². The molecule has 0 aromatic heterocycles. The van der Waals surface area contributed by atoms with E-state index in [-0.39, 0.29) is 23.8 Å². The fourth-order valence-corrected chi connectivity index (χ4v) is 1.56. The maximum Gasteiger partial charge on any atom is 0.340 e. The fraction of sp³-hybridized carbons (Fsp3) is 0.429. The van der Waals surface area contributed by atoms with Crippen LogP contribution in [0.1, 0.15) is 30.1 Å². The molecule has 0 aliphatic carbocycles. The van der Waals surface area contributed by atoms with Crippen LogP contribution in [0.2, 0.25) is 0 Å². The second-order valence-corrected chi connectivity index (χ2v) is 4.20. The zero-order valence-corrected chi connectivity index (χ0v) is 11.8. The van der Waals surface area contributed by atoms with Crippen molar-refractivity contribution in [2.24, 2.45) is 0 Å². The minimum absolute atomic E-state index is 0.186. The van der Waals surface area contributed by atoms with E-state index in [2.05, 4.69) is 5.32 Å². The Balaban J connectivity index is 2.53. The quantitative estimate of drug-likeness (QED) is 0.447. The van der Waals surface area contributed by atoms with E-state index in [1.54, 1.807) is 12.1 Å². The summed E-state index contributed by atoms with van der Waals surface area (Å²) in [4.78, 5) is 23.2. The van der Waals surface area contributed by atoms with Gasteiger partial charge in [-0.25, -0.2) is 4.79 Å². The van der Waals surface area contributed by atoms with Gasteiger partial charge < -0.3 is 20.5 Å². The molecule has 0 radical (unpaired) electrons. The summed E-state index contributed by atoms with van der Waals surface area (Å²) < 4.78 is 9.93. The number of benzene rings is 1. The highest BCUT2D eigenvalue weighted by molar-refractivity contribution is 5.97. The standard InChI is InChI=1S/C14H20N2O4/c1-3-4-8-16-12(17)9-20-14(18)10-6-5-7-11(19-2)13(10)15/h5-7H,3-4,8-9,15H2,1-2H3,(H,16,17). The summed E-state index contributed by atoms with van der Waals surface area (Å²) in [6.07, 6.45) is 1.88. The van der Waals surface area contributed by atoms with Gasteiger partial charge in [-0.2, -0.15) is 0 Å². The van der Waals surface area contributed by atoms with Crippen LogP contribution in [0.3, 0.4) is 0 Å². The largest absolute Gasteiger partial charge is 0.495 e. The number of anilines is 1. The van der Waals surface area contributed by atoms with Gasteiger partial charge in [-0.3, -0.25) is 4.79 Å². The number of nitrogens with one attached hydrogen (secondary N) is 1. The van der Waals surface area contributed by atoms with Gasteiger partial charge in [-0.05, 0) is 18.6 Å². The van der Waals surface area contributed by atoms with Crippen molar-refractivity contribution in [2.45, 2.75) is 19.8 Å². The predicted molar refractivity (Wildman–Crippen MR) is 75.6 cm³/mol. The molecule has 0 saturated heterocycles. The highest BCUT2D eigenvalue weighted by Crippen LogP contribution is 2.25. The van der Waals surface area contributed by atoms with E-state index < -0.39 is 5.97 Å². The number of rotatable bonds is 7. The summed E-state index contributed by atoms with van der Waals surface area (Å²) in [5.74, 6) is -0.577. The Kier molecular flexibility index (Phi) is 6.36. The van der Waals surface area contributed by atoms with Crippen molar-refractivity contribution in [3.05, 3.63) is 23.8 Å². The summed E-state index contributed by atoms with van der Waals surface area (Å²) in [5.41, 5.74) is 6.16. The molecule has 0 spiro atoms. The molecule has 0 fully saturated rings. The molecule has 6 heteroatoms. The fourth-order valence-electron chi connectivity index (χ4n) is 1.56. The predicted octanol–water partition coefficient (Wildman–Crippen LogP) is 1.35. The van der Waals surface area contributed by atoms with Crippen LogP contribution < -0.4 is 15.8 Å².